The zero-order chi connectivity index (χ0) is 17.6. The van der Waals surface area contributed by atoms with Gasteiger partial charge in [-0.25, -0.2) is 9.78 Å². The van der Waals surface area contributed by atoms with Crippen LogP contribution in [-0.4, -0.2) is 26.0 Å². The number of carbonyl (C=O) groups is 1. The van der Waals surface area contributed by atoms with Crippen LogP contribution in [0.4, 0.5) is 5.69 Å². The van der Waals surface area contributed by atoms with Crippen molar-refractivity contribution >= 4 is 29.1 Å². The molecule has 126 valence electrons. The normalized spacial score (nSPS) is 10.9. The second kappa shape index (κ2) is 7.45. The van der Waals surface area contributed by atoms with E-state index in [1.54, 1.807) is 17.7 Å². The quantitative estimate of drug-likeness (QED) is 0.285. The number of hydrogen-bond donors (Lipinski definition) is 0. The van der Waals surface area contributed by atoms with Crippen LogP contribution in [0, 0.1) is 10.1 Å². The molecule has 3 aromatic rings. The number of benzene rings is 1. The summed E-state index contributed by atoms with van der Waals surface area (Å²) in [5, 5.41) is 16.9. The number of carbonyl (C=O) groups excluding carboxylic acids is 1. The Morgan fingerprint density at radius 1 is 1.36 bits per heavy atom. The molecule has 0 amide bonds. The molecule has 3 rings (SSSR count). The molecule has 0 saturated carbocycles. The largest absolute Gasteiger partial charge is 0.452 e. The van der Waals surface area contributed by atoms with Crippen LogP contribution < -0.4 is 0 Å². The van der Waals surface area contributed by atoms with Crippen molar-refractivity contribution in [3.05, 3.63) is 62.9 Å². The summed E-state index contributed by atoms with van der Waals surface area (Å²) in [5.74, 6) is -0.200. The van der Waals surface area contributed by atoms with Gasteiger partial charge in [-0.3, -0.25) is 10.1 Å². The van der Waals surface area contributed by atoms with E-state index in [1.165, 1.54) is 41.7 Å². The molecular weight excluding hydrogens is 348 g/mol. The van der Waals surface area contributed by atoms with Crippen molar-refractivity contribution < 1.29 is 19.0 Å². The smallest absolute Gasteiger partial charge is 0.331 e. The Morgan fingerprint density at radius 3 is 2.84 bits per heavy atom. The average molecular weight is 358 g/mol. The predicted molar refractivity (Wildman–Crippen MR) is 87.3 cm³/mol. The fourth-order valence-corrected chi connectivity index (χ4v) is 2.33. The van der Waals surface area contributed by atoms with Gasteiger partial charge < -0.3 is 9.26 Å². The molecule has 0 radical (unpaired) electrons. The summed E-state index contributed by atoms with van der Waals surface area (Å²) in [6, 6.07) is 5.70. The first-order chi connectivity index (χ1) is 12.1. The summed E-state index contributed by atoms with van der Waals surface area (Å²) in [4.78, 5) is 29.8. The van der Waals surface area contributed by atoms with Crippen LogP contribution in [0.1, 0.15) is 10.9 Å². The molecule has 0 fully saturated rings. The summed E-state index contributed by atoms with van der Waals surface area (Å²) >= 11 is 1.39. The van der Waals surface area contributed by atoms with Gasteiger partial charge in [-0.1, -0.05) is 5.16 Å². The average Bonchev–Trinajstić information content (AvgIpc) is 3.30. The first kappa shape index (κ1) is 16.5. The molecule has 0 aliphatic heterocycles. The van der Waals surface area contributed by atoms with Crippen molar-refractivity contribution in [2.24, 2.45) is 0 Å². The topological polar surface area (TPSA) is 121 Å². The highest BCUT2D eigenvalue weighted by Gasteiger charge is 2.12. The van der Waals surface area contributed by atoms with Crippen molar-refractivity contribution in [3.8, 4) is 11.4 Å². The summed E-state index contributed by atoms with van der Waals surface area (Å²) in [5.41, 5.74) is 0.518. The molecular formula is C15H10N4O5S. The van der Waals surface area contributed by atoms with E-state index in [9.17, 15) is 14.9 Å². The minimum absolute atomic E-state index is 0.0339. The van der Waals surface area contributed by atoms with E-state index < -0.39 is 10.9 Å². The lowest BCUT2D eigenvalue weighted by atomic mass is 10.2. The zero-order valence-electron chi connectivity index (χ0n) is 12.6. The Bertz CT molecular complexity index is 902. The second-order valence-electron chi connectivity index (χ2n) is 4.63. The van der Waals surface area contributed by atoms with E-state index in [1.807, 2.05) is 0 Å². The molecule has 0 unspecified atom stereocenters. The van der Waals surface area contributed by atoms with Crippen molar-refractivity contribution in [3.63, 3.8) is 0 Å². The van der Waals surface area contributed by atoms with Gasteiger partial charge in [0.2, 0.25) is 5.82 Å². The highest BCUT2D eigenvalue weighted by atomic mass is 32.1. The zero-order valence-corrected chi connectivity index (χ0v) is 13.4. The van der Waals surface area contributed by atoms with Crippen LogP contribution in [-0.2, 0) is 16.1 Å². The summed E-state index contributed by atoms with van der Waals surface area (Å²) < 4.78 is 9.98. The van der Waals surface area contributed by atoms with Crippen LogP contribution >= 0.6 is 11.3 Å². The molecule has 0 bridgehead atoms. The Hall–Kier alpha value is -3.40. The maximum absolute atomic E-state index is 11.6. The van der Waals surface area contributed by atoms with Crippen molar-refractivity contribution in [2.75, 3.05) is 0 Å². The standard InChI is InChI=1S/C15H10N4O5S/c20-14(6-5-13-16-7-8-25-13)23-9-12-17-15(18-24-12)10-1-3-11(4-2-10)19(21)22/h1-8H,9H2. The third kappa shape index (κ3) is 4.32. The van der Waals surface area contributed by atoms with E-state index >= 15 is 0 Å². The number of hydrogen-bond acceptors (Lipinski definition) is 9. The van der Waals surface area contributed by atoms with Gasteiger partial charge in [0.15, 0.2) is 6.61 Å². The minimum atomic E-state index is -0.565. The van der Waals surface area contributed by atoms with Gasteiger partial charge >= 0.3 is 5.97 Å². The van der Waals surface area contributed by atoms with Gasteiger partial charge in [0.05, 0.1) is 4.92 Å². The molecule has 0 aliphatic rings. The maximum atomic E-state index is 11.6. The monoisotopic (exact) mass is 358 g/mol. The number of nitro groups is 1. The van der Waals surface area contributed by atoms with E-state index in [0.717, 1.165) is 0 Å². The van der Waals surface area contributed by atoms with Crippen LogP contribution in [0.3, 0.4) is 0 Å². The van der Waals surface area contributed by atoms with Crippen LogP contribution in [0.25, 0.3) is 17.5 Å². The van der Waals surface area contributed by atoms with Crippen LogP contribution in [0.15, 0.2) is 46.4 Å². The lowest BCUT2D eigenvalue weighted by molar-refractivity contribution is -0.384. The van der Waals surface area contributed by atoms with E-state index in [4.69, 9.17) is 9.26 Å². The Labute approximate surface area is 144 Å². The van der Waals surface area contributed by atoms with Crippen LogP contribution in [0.2, 0.25) is 0 Å². The first-order valence-electron chi connectivity index (χ1n) is 6.93. The van der Waals surface area contributed by atoms with Crippen molar-refractivity contribution in [1.29, 1.82) is 0 Å². The number of nitrogens with zero attached hydrogens (tertiary/aromatic N) is 4. The van der Waals surface area contributed by atoms with E-state index in [2.05, 4.69) is 15.1 Å². The molecule has 0 saturated heterocycles. The van der Waals surface area contributed by atoms with E-state index in [0.29, 0.717) is 10.6 Å². The minimum Gasteiger partial charge on any atom is -0.452 e. The Kier molecular flexibility index (Phi) is 4.90. The molecule has 0 N–H and O–H groups in total. The van der Waals surface area contributed by atoms with Gasteiger partial charge in [-0.2, -0.15) is 4.98 Å². The fraction of sp³-hybridized carbons (Fsp3) is 0.0667. The molecule has 0 aliphatic carbocycles. The van der Waals surface area contributed by atoms with Gasteiger partial charge in [0.25, 0.3) is 11.6 Å². The number of aromatic nitrogens is 3. The van der Waals surface area contributed by atoms with Crippen molar-refractivity contribution in [2.45, 2.75) is 6.61 Å². The third-order valence-electron chi connectivity index (χ3n) is 2.96. The number of non-ortho nitro benzene ring substituents is 1. The number of esters is 1. The van der Waals surface area contributed by atoms with Gasteiger partial charge in [-0.15, -0.1) is 11.3 Å². The molecule has 0 spiro atoms. The molecule has 2 aromatic heterocycles. The molecule has 1 aromatic carbocycles. The summed E-state index contributed by atoms with van der Waals surface area (Å²) in [6.07, 6.45) is 4.43. The van der Waals surface area contributed by atoms with Gasteiger partial charge in [0, 0.05) is 35.3 Å². The Morgan fingerprint density at radius 2 is 2.16 bits per heavy atom. The fourth-order valence-electron chi connectivity index (χ4n) is 1.80. The molecule has 2 heterocycles. The van der Waals surface area contributed by atoms with Crippen LogP contribution in [0.5, 0.6) is 0 Å². The SMILES string of the molecule is O=C(C=Cc1nccs1)OCc1nc(-c2ccc([N+](=O)[O-])cc2)no1. The highest BCUT2D eigenvalue weighted by Crippen LogP contribution is 2.20. The number of ether oxygens (including phenoxy) is 1. The first-order valence-corrected chi connectivity index (χ1v) is 7.81. The molecule has 9 nitrogen and oxygen atoms in total. The summed E-state index contributed by atoms with van der Waals surface area (Å²) in [6.45, 7) is -0.180. The lowest BCUT2D eigenvalue weighted by Crippen LogP contribution is -2.00. The molecule has 0 atom stereocenters. The summed E-state index contributed by atoms with van der Waals surface area (Å²) in [7, 11) is 0. The third-order valence-corrected chi connectivity index (χ3v) is 3.70. The van der Waals surface area contributed by atoms with Gasteiger partial charge in [0.1, 0.15) is 5.01 Å². The lowest BCUT2D eigenvalue weighted by Gasteiger charge is -1.96. The molecule has 10 heteroatoms. The van der Waals surface area contributed by atoms with Gasteiger partial charge in [-0.05, 0) is 18.2 Å². The van der Waals surface area contributed by atoms with E-state index in [-0.39, 0.29) is 24.0 Å². The maximum Gasteiger partial charge on any atom is 0.331 e. The number of thiazole rings is 1. The Balaban J connectivity index is 1.58. The van der Waals surface area contributed by atoms with Crippen molar-refractivity contribution in [1.82, 2.24) is 15.1 Å². The second-order valence-corrected chi connectivity index (χ2v) is 5.55. The number of nitro benzene ring substituents is 1. The number of rotatable bonds is 6. The highest BCUT2D eigenvalue weighted by molar-refractivity contribution is 7.10. The molecule has 25 heavy (non-hydrogen) atoms. The predicted octanol–water partition coefficient (Wildman–Crippen LogP) is 2.86.